The highest BCUT2D eigenvalue weighted by molar-refractivity contribution is 5.95. The van der Waals surface area contributed by atoms with E-state index in [1.54, 1.807) is 6.07 Å². The molecule has 0 spiro atoms. The second-order valence-electron chi connectivity index (χ2n) is 4.39. The Hall–Kier alpha value is -2.62. The molecule has 4 nitrogen and oxygen atoms in total. The van der Waals surface area contributed by atoms with E-state index >= 15 is 0 Å². The van der Waals surface area contributed by atoms with Crippen molar-refractivity contribution < 1.29 is 5.11 Å². The number of aromatic nitrogens is 2. The third-order valence-corrected chi connectivity index (χ3v) is 2.90. The van der Waals surface area contributed by atoms with Gasteiger partial charge in [-0.05, 0) is 36.8 Å². The molecule has 0 aliphatic rings. The summed E-state index contributed by atoms with van der Waals surface area (Å²) in [6.07, 6.45) is 1.49. The summed E-state index contributed by atoms with van der Waals surface area (Å²) in [5.41, 5.74) is 2.61. The van der Waals surface area contributed by atoms with Crippen LogP contribution in [0.3, 0.4) is 0 Å². The topological polar surface area (TPSA) is 58.0 Å². The van der Waals surface area contributed by atoms with E-state index in [0.29, 0.717) is 11.2 Å². The van der Waals surface area contributed by atoms with Crippen molar-refractivity contribution in [2.75, 3.05) is 5.32 Å². The van der Waals surface area contributed by atoms with Crippen molar-refractivity contribution in [2.45, 2.75) is 6.92 Å². The lowest BCUT2D eigenvalue weighted by Crippen LogP contribution is -1.96. The number of hydrogen-bond acceptors (Lipinski definition) is 4. The average molecular weight is 251 g/mol. The average Bonchev–Trinajstić information content (AvgIpc) is 2.39. The quantitative estimate of drug-likeness (QED) is 0.733. The Kier molecular flexibility index (Phi) is 2.76. The molecule has 0 unspecified atom stereocenters. The highest BCUT2D eigenvalue weighted by atomic mass is 16.3. The first-order valence-electron chi connectivity index (χ1n) is 6.00. The SMILES string of the molecule is Cc1cc(O)c2c(Nc3ccccc3)ncnc2c1. The van der Waals surface area contributed by atoms with Crippen molar-refractivity contribution in [3.63, 3.8) is 0 Å². The second kappa shape index (κ2) is 4.57. The van der Waals surface area contributed by atoms with Gasteiger partial charge in [0, 0.05) is 5.69 Å². The summed E-state index contributed by atoms with van der Waals surface area (Å²) < 4.78 is 0. The van der Waals surface area contributed by atoms with Crippen LogP contribution in [0.2, 0.25) is 0 Å². The summed E-state index contributed by atoms with van der Waals surface area (Å²) in [6.45, 7) is 1.92. The van der Waals surface area contributed by atoms with E-state index in [1.165, 1.54) is 6.33 Å². The van der Waals surface area contributed by atoms with Crippen molar-refractivity contribution in [1.29, 1.82) is 0 Å². The predicted octanol–water partition coefficient (Wildman–Crippen LogP) is 3.39. The molecule has 1 aromatic heterocycles. The second-order valence-corrected chi connectivity index (χ2v) is 4.39. The summed E-state index contributed by atoms with van der Waals surface area (Å²) in [6, 6.07) is 13.3. The molecule has 1 heterocycles. The van der Waals surface area contributed by atoms with Gasteiger partial charge in [-0.2, -0.15) is 0 Å². The van der Waals surface area contributed by atoms with E-state index in [9.17, 15) is 5.11 Å². The Morgan fingerprint density at radius 2 is 1.84 bits per heavy atom. The maximum absolute atomic E-state index is 10.1. The molecule has 3 rings (SSSR count). The van der Waals surface area contributed by atoms with Gasteiger partial charge in [0.2, 0.25) is 0 Å². The number of nitrogens with one attached hydrogen (secondary N) is 1. The van der Waals surface area contributed by atoms with Gasteiger partial charge in [-0.25, -0.2) is 9.97 Å². The number of fused-ring (bicyclic) bond motifs is 1. The molecule has 0 bridgehead atoms. The zero-order valence-electron chi connectivity index (χ0n) is 10.5. The number of rotatable bonds is 2. The van der Waals surface area contributed by atoms with Gasteiger partial charge >= 0.3 is 0 Å². The smallest absolute Gasteiger partial charge is 0.145 e. The molecular weight excluding hydrogens is 238 g/mol. The van der Waals surface area contributed by atoms with Crippen molar-refractivity contribution in [2.24, 2.45) is 0 Å². The summed E-state index contributed by atoms with van der Waals surface area (Å²) in [7, 11) is 0. The number of anilines is 2. The third kappa shape index (κ3) is 2.20. The highest BCUT2D eigenvalue weighted by Gasteiger charge is 2.09. The molecule has 19 heavy (non-hydrogen) atoms. The van der Waals surface area contributed by atoms with Gasteiger partial charge in [-0.1, -0.05) is 18.2 Å². The van der Waals surface area contributed by atoms with E-state index in [1.807, 2.05) is 43.3 Å². The minimum Gasteiger partial charge on any atom is -0.507 e. The van der Waals surface area contributed by atoms with Crippen LogP contribution >= 0.6 is 0 Å². The van der Waals surface area contributed by atoms with E-state index in [-0.39, 0.29) is 5.75 Å². The third-order valence-electron chi connectivity index (χ3n) is 2.90. The molecular formula is C15H13N3O. The van der Waals surface area contributed by atoms with Crippen molar-refractivity contribution in [3.05, 3.63) is 54.4 Å². The Morgan fingerprint density at radius 1 is 1.05 bits per heavy atom. The molecule has 94 valence electrons. The fourth-order valence-electron chi connectivity index (χ4n) is 2.06. The Balaban J connectivity index is 2.14. The number of hydrogen-bond donors (Lipinski definition) is 2. The fraction of sp³-hybridized carbons (Fsp3) is 0.0667. The highest BCUT2D eigenvalue weighted by Crippen LogP contribution is 2.31. The van der Waals surface area contributed by atoms with Crippen molar-refractivity contribution >= 4 is 22.4 Å². The maximum Gasteiger partial charge on any atom is 0.145 e. The number of aromatic hydroxyl groups is 1. The van der Waals surface area contributed by atoms with E-state index in [0.717, 1.165) is 16.8 Å². The summed E-state index contributed by atoms with van der Waals surface area (Å²) in [5, 5.41) is 13.9. The van der Waals surface area contributed by atoms with Crippen LogP contribution in [0.15, 0.2) is 48.8 Å². The van der Waals surface area contributed by atoms with Gasteiger partial charge in [0.05, 0.1) is 10.9 Å². The van der Waals surface area contributed by atoms with Crippen molar-refractivity contribution in [3.8, 4) is 5.75 Å². The number of phenolic OH excluding ortho intramolecular Hbond substituents is 1. The van der Waals surface area contributed by atoms with Crippen LogP contribution < -0.4 is 5.32 Å². The lowest BCUT2D eigenvalue weighted by atomic mass is 10.1. The fourth-order valence-corrected chi connectivity index (χ4v) is 2.06. The maximum atomic E-state index is 10.1. The van der Waals surface area contributed by atoms with E-state index in [2.05, 4.69) is 15.3 Å². The summed E-state index contributed by atoms with van der Waals surface area (Å²) in [5.74, 6) is 0.794. The van der Waals surface area contributed by atoms with Gasteiger partial charge in [-0.3, -0.25) is 0 Å². The lowest BCUT2D eigenvalue weighted by molar-refractivity contribution is 0.481. The molecule has 2 aromatic carbocycles. The van der Waals surface area contributed by atoms with E-state index < -0.39 is 0 Å². The number of phenols is 1. The van der Waals surface area contributed by atoms with Crippen molar-refractivity contribution in [1.82, 2.24) is 9.97 Å². The standard InChI is InChI=1S/C15H13N3O/c1-10-7-12-14(13(19)8-10)15(17-9-16-12)18-11-5-3-2-4-6-11/h2-9,19H,1H3,(H,16,17,18). The van der Waals surface area contributed by atoms with Gasteiger partial charge in [-0.15, -0.1) is 0 Å². The molecule has 2 N–H and O–H groups in total. The first-order valence-corrected chi connectivity index (χ1v) is 6.00. The molecule has 3 aromatic rings. The molecule has 0 aliphatic heterocycles. The molecule has 0 saturated heterocycles. The Labute approximate surface area is 110 Å². The van der Waals surface area contributed by atoms with Gasteiger partial charge in [0.15, 0.2) is 0 Å². The molecule has 0 fully saturated rings. The molecule has 0 aliphatic carbocycles. The molecule has 0 atom stereocenters. The van der Waals surface area contributed by atoms with Crippen LogP contribution in [-0.2, 0) is 0 Å². The van der Waals surface area contributed by atoms with Gasteiger partial charge in [0.25, 0.3) is 0 Å². The molecule has 4 heteroatoms. The number of aryl methyl sites for hydroxylation is 1. The first-order chi connectivity index (χ1) is 9.24. The largest absolute Gasteiger partial charge is 0.507 e. The molecule has 0 saturated carbocycles. The monoisotopic (exact) mass is 251 g/mol. The van der Waals surface area contributed by atoms with Crippen LogP contribution in [-0.4, -0.2) is 15.1 Å². The number of benzene rings is 2. The number of para-hydroxylation sites is 1. The predicted molar refractivity (Wildman–Crippen MR) is 75.7 cm³/mol. The molecule has 0 radical (unpaired) electrons. The number of nitrogens with zero attached hydrogens (tertiary/aromatic N) is 2. The minimum atomic E-state index is 0.189. The van der Waals surface area contributed by atoms with Gasteiger partial charge in [0.1, 0.15) is 17.9 Å². The first kappa shape index (κ1) is 11.5. The summed E-state index contributed by atoms with van der Waals surface area (Å²) in [4.78, 5) is 8.40. The van der Waals surface area contributed by atoms with Crippen LogP contribution in [0.1, 0.15) is 5.56 Å². The van der Waals surface area contributed by atoms with E-state index in [4.69, 9.17) is 0 Å². The van der Waals surface area contributed by atoms with Crippen LogP contribution in [0.5, 0.6) is 5.75 Å². The van der Waals surface area contributed by atoms with Crippen LogP contribution in [0, 0.1) is 6.92 Å². The zero-order chi connectivity index (χ0) is 13.2. The Morgan fingerprint density at radius 3 is 2.63 bits per heavy atom. The van der Waals surface area contributed by atoms with Gasteiger partial charge < -0.3 is 10.4 Å². The lowest BCUT2D eigenvalue weighted by Gasteiger charge is -2.09. The Bertz CT molecular complexity index is 726. The molecule has 0 amide bonds. The normalized spacial score (nSPS) is 10.6. The van der Waals surface area contributed by atoms with Crippen LogP contribution in [0.25, 0.3) is 10.9 Å². The zero-order valence-corrected chi connectivity index (χ0v) is 10.5. The summed E-state index contributed by atoms with van der Waals surface area (Å²) >= 11 is 0. The van der Waals surface area contributed by atoms with Crippen LogP contribution in [0.4, 0.5) is 11.5 Å². The minimum absolute atomic E-state index is 0.189.